The molecule has 2 saturated carbocycles. The molecule has 20 heavy (non-hydrogen) atoms. The van der Waals surface area contributed by atoms with Crippen LogP contribution in [0.5, 0.6) is 0 Å². The van der Waals surface area contributed by atoms with Gasteiger partial charge in [0.2, 0.25) is 5.91 Å². The number of rotatable bonds is 4. The summed E-state index contributed by atoms with van der Waals surface area (Å²) in [5.41, 5.74) is 7.09. The largest absolute Gasteiger partial charge is 0.354 e. The molecule has 2 aliphatic carbocycles. The van der Waals surface area contributed by atoms with Gasteiger partial charge in [-0.05, 0) is 31.2 Å². The number of nitrogens with two attached hydrogens (primary N) is 1. The van der Waals surface area contributed by atoms with E-state index < -0.39 is 5.54 Å². The zero-order valence-electron chi connectivity index (χ0n) is 11.7. The van der Waals surface area contributed by atoms with Gasteiger partial charge in [0, 0.05) is 12.0 Å². The molecule has 110 valence electrons. The lowest BCUT2D eigenvalue weighted by atomic mass is 9.94. The Balaban J connectivity index is 0.00000147. The van der Waals surface area contributed by atoms with Crippen LogP contribution >= 0.6 is 12.4 Å². The van der Waals surface area contributed by atoms with Gasteiger partial charge in [-0.2, -0.15) is 0 Å². The lowest BCUT2D eigenvalue weighted by molar-refractivity contribution is -0.126. The van der Waals surface area contributed by atoms with Gasteiger partial charge in [0.15, 0.2) is 0 Å². The topological polar surface area (TPSA) is 55.1 Å². The summed E-state index contributed by atoms with van der Waals surface area (Å²) >= 11 is 0. The van der Waals surface area contributed by atoms with Crippen LogP contribution in [0.2, 0.25) is 0 Å². The van der Waals surface area contributed by atoms with E-state index in [0.717, 1.165) is 45.1 Å². The van der Waals surface area contributed by atoms with Gasteiger partial charge < -0.3 is 11.1 Å². The summed E-state index contributed by atoms with van der Waals surface area (Å²) in [6.45, 7) is 0.731. The van der Waals surface area contributed by atoms with E-state index in [9.17, 15) is 4.79 Å². The molecule has 0 spiro atoms. The van der Waals surface area contributed by atoms with Crippen LogP contribution in [0, 0.1) is 0 Å². The molecule has 1 aromatic carbocycles. The van der Waals surface area contributed by atoms with Crippen molar-refractivity contribution in [2.45, 2.75) is 49.5 Å². The standard InChI is InChI=1S/C16H22N2O.ClH/c17-16(8-4-5-9-16)14(19)18-12-15(10-11-15)13-6-2-1-3-7-13;/h1-3,6-7H,4-5,8-12,17H2,(H,18,19);1H. The summed E-state index contributed by atoms with van der Waals surface area (Å²) in [4.78, 5) is 12.2. The van der Waals surface area contributed by atoms with Crippen molar-refractivity contribution in [3.63, 3.8) is 0 Å². The molecular weight excluding hydrogens is 272 g/mol. The van der Waals surface area contributed by atoms with Gasteiger partial charge in [-0.25, -0.2) is 0 Å². The Hall–Kier alpha value is -1.06. The lowest BCUT2D eigenvalue weighted by Gasteiger charge is -2.24. The van der Waals surface area contributed by atoms with Crippen LogP contribution in [-0.2, 0) is 10.2 Å². The number of nitrogens with one attached hydrogen (secondary N) is 1. The van der Waals surface area contributed by atoms with Crippen molar-refractivity contribution in [1.29, 1.82) is 0 Å². The van der Waals surface area contributed by atoms with E-state index in [-0.39, 0.29) is 23.7 Å². The van der Waals surface area contributed by atoms with Crippen LogP contribution in [0.4, 0.5) is 0 Å². The van der Waals surface area contributed by atoms with Gasteiger partial charge in [-0.15, -0.1) is 12.4 Å². The number of carbonyl (C=O) groups excluding carboxylic acids is 1. The van der Waals surface area contributed by atoms with Crippen LogP contribution < -0.4 is 11.1 Å². The monoisotopic (exact) mass is 294 g/mol. The predicted molar refractivity (Wildman–Crippen MR) is 83.0 cm³/mol. The van der Waals surface area contributed by atoms with Crippen molar-refractivity contribution in [3.05, 3.63) is 35.9 Å². The maximum atomic E-state index is 12.2. The molecule has 2 aliphatic rings. The minimum Gasteiger partial charge on any atom is -0.354 e. The van der Waals surface area contributed by atoms with Crippen molar-refractivity contribution < 1.29 is 4.79 Å². The van der Waals surface area contributed by atoms with Crippen molar-refractivity contribution in [1.82, 2.24) is 5.32 Å². The van der Waals surface area contributed by atoms with Gasteiger partial charge in [0.25, 0.3) is 0 Å². The smallest absolute Gasteiger partial charge is 0.240 e. The van der Waals surface area contributed by atoms with Crippen LogP contribution in [-0.4, -0.2) is 18.0 Å². The molecule has 1 amide bonds. The van der Waals surface area contributed by atoms with Gasteiger partial charge >= 0.3 is 0 Å². The second-order valence-electron chi connectivity index (χ2n) is 6.19. The van der Waals surface area contributed by atoms with E-state index in [1.807, 2.05) is 6.07 Å². The number of benzene rings is 1. The second kappa shape index (κ2) is 5.74. The predicted octanol–water partition coefficient (Wildman–Crippen LogP) is 2.53. The Morgan fingerprint density at radius 3 is 2.25 bits per heavy atom. The molecule has 0 heterocycles. The highest BCUT2D eigenvalue weighted by atomic mass is 35.5. The number of hydrogen-bond acceptors (Lipinski definition) is 2. The van der Waals surface area contributed by atoms with E-state index >= 15 is 0 Å². The van der Waals surface area contributed by atoms with Crippen molar-refractivity contribution in [2.24, 2.45) is 5.73 Å². The molecule has 0 aromatic heterocycles. The maximum absolute atomic E-state index is 12.2. The highest BCUT2D eigenvalue weighted by Gasteiger charge is 2.45. The first-order valence-electron chi connectivity index (χ1n) is 7.27. The summed E-state index contributed by atoms with van der Waals surface area (Å²) < 4.78 is 0. The first-order valence-corrected chi connectivity index (χ1v) is 7.27. The van der Waals surface area contributed by atoms with E-state index in [2.05, 4.69) is 29.6 Å². The highest BCUT2D eigenvalue weighted by molar-refractivity contribution is 5.86. The first-order chi connectivity index (χ1) is 9.15. The Labute approximate surface area is 126 Å². The fourth-order valence-corrected chi connectivity index (χ4v) is 3.17. The highest BCUT2D eigenvalue weighted by Crippen LogP contribution is 2.47. The Morgan fingerprint density at radius 1 is 1.10 bits per heavy atom. The van der Waals surface area contributed by atoms with Crippen LogP contribution in [0.3, 0.4) is 0 Å². The molecule has 3 rings (SSSR count). The Morgan fingerprint density at radius 2 is 1.70 bits per heavy atom. The Kier molecular flexibility index (Phi) is 4.40. The fraction of sp³-hybridized carbons (Fsp3) is 0.562. The molecule has 0 saturated heterocycles. The molecule has 1 aromatic rings. The van der Waals surface area contributed by atoms with E-state index in [1.54, 1.807) is 0 Å². The molecule has 2 fully saturated rings. The molecule has 0 aliphatic heterocycles. The van der Waals surface area contributed by atoms with Gasteiger partial charge in [0.1, 0.15) is 0 Å². The molecule has 3 N–H and O–H groups in total. The van der Waals surface area contributed by atoms with Gasteiger partial charge in [0.05, 0.1) is 5.54 Å². The minimum absolute atomic E-state index is 0. The van der Waals surface area contributed by atoms with Crippen LogP contribution in [0.25, 0.3) is 0 Å². The minimum atomic E-state index is -0.604. The molecule has 0 bridgehead atoms. The third-order valence-electron chi connectivity index (χ3n) is 4.78. The fourth-order valence-electron chi connectivity index (χ4n) is 3.17. The number of carbonyl (C=O) groups is 1. The molecule has 0 unspecified atom stereocenters. The lowest BCUT2D eigenvalue weighted by Crippen LogP contribution is -2.53. The van der Waals surface area contributed by atoms with Crippen molar-refractivity contribution in [3.8, 4) is 0 Å². The third kappa shape index (κ3) is 2.84. The molecular formula is C16H23ClN2O. The normalized spacial score (nSPS) is 21.9. The van der Waals surface area contributed by atoms with Crippen molar-refractivity contribution in [2.75, 3.05) is 6.54 Å². The zero-order chi connectivity index (χ0) is 13.3. The third-order valence-corrected chi connectivity index (χ3v) is 4.78. The first kappa shape index (κ1) is 15.3. The second-order valence-corrected chi connectivity index (χ2v) is 6.19. The van der Waals surface area contributed by atoms with Gasteiger partial charge in [-0.1, -0.05) is 43.2 Å². The van der Waals surface area contributed by atoms with E-state index in [0.29, 0.717) is 0 Å². The number of hydrogen-bond donors (Lipinski definition) is 2. The van der Waals surface area contributed by atoms with Crippen LogP contribution in [0.15, 0.2) is 30.3 Å². The molecule has 0 atom stereocenters. The average Bonchev–Trinajstić information content (AvgIpc) is 3.12. The number of amides is 1. The van der Waals surface area contributed by atoms with E-state index in [4.69, 9.17) is 5.73 Å². The quantitative estimate of drug-likeness (QED) is 0.896. The van der Waals surface area contributed by atoms with Crippen LogP contribution in [0.1, 0.15) is 44.1 Å². The number of halogens is 1. The molecule has 4 heteroatoms. The summed E-state index contributed by atoms with van der Waals surface area (Å²) in [5.74, 6) is 0.0483. The maximum Gasteiger partial charge on any atom is 0.240 e. The Bertz CT molecular complexity index is 465. The molecule has 3 nitrogen and oxygen atoms in total. The summed E-state index contributed by atoms with van der Waals surface area (Å²) in [5, 5.41) is 3.10. The summed E-state index contributed by atoms with van der Waals surface area (Å²) in [6.07, 6.45) is 6.14. The van der Waals surface area contributed by atoms with Crippen molar-refractivity contribution >= 4 is 18.3 Å². The molecule has 0 radical (unpaired) electrons. The van der Waals surface area contributed by atoms with E-state index in [1.165, 1.54) is 5.56 Å². The van der Waals surface area contributed by atoms with Gasteiger partial charge in [-0.3, -0.25) is 4.79 Å². The average molecular weight is 295 g/mol. The SMILES string of the molecule is Cl.NC1(C(=O)NCC2(c3ccccc3)CC2)CCCC1. The zero-order valence-corrected chi connectivity index (χ0v) is 12.5. The summed E-state index contributed by atoms with van der Waals surface area (Å²) in [6, 6.07) is 10.5. The summed E-state index contributed by atoms with van der Waals surface area (Å²) in [7, 11) is 0.